The fraction of sp³-hybridized carbons (Fsp3) is 0.250. The number of nitrogens with two attached hydrogens (primary N) is 1. The van der Waals surface area contributed by atoms with Crippen molar-refractivity contribution >= 4 is 17.4 Å². The second-order valence-electron chi connectivity index (χ2n) is 4.93. The van der Waals surface area contributed by atoms with Crippen molar-refractivity contribution in [3.63, 3.8) is 0 Å². The third kappa shape index (κ3) is 4.29. The van der Waals surface area contributed by atoms with Gasteiger partial charge in [0, 0.05) is 11.3 Å². The number of quaternary nitrogens is 1. The van der Waals surface area contributed by atoms with Crippen LogP contribution in [-0.2, 0) is 4.79 Å². The standard InChI is InChI=1S/C16H18N2O3/c1-11(15-4-3-9-21-15)17-10-16(20)18-14-7-5-13(6-8-14)12(2)19/h3-9,11,17H,10H2,1-2H3,(H,18,20)/p+1/t11-/m0/s1. The Labute approximate surface area is 123 Å². The van der Waals surface area contributed by atoms with Crippen LogP contribution in [0.3, 0.4) is 0 Å². The smallest absolute Gasteiger partial charge is 0.279 e. The number of furan rings is 1. The summed E-state index contributed by atoms with van der Waals surface area (Å²) in [4.78, 5) is 23.0. The minimum Gasteiger partial charge on any atom is -0.463 e. The topological polar surface area (TPSA) is 75.9 Å². The number of benzene rings is 1. The predicted octanol–water partition coefficient (Wildman–Crippen LogP) is 1.75. The van der Waals surface area contributed by atoms with Crippen LogP contribution >= 0.6 is 0 Å². The second kappa shape index (κ2) is 6.85. The van der Waals surface area contributed by atoms with E-state index in [2.05, 4.69) is 5.32 Å². The molecule has 21 heavy (non-hydrogen) atoms. The number of anilines is 1. The van der Waals surface area contributed by atoms with Crippen LogP contribution in [0.5, 0.6) is 0 Å². The summed E-state index contributed by atoms with van der Waals surface area (Å²) in [6.07, 6.45) is 1.62. The number of Topliss-reactive ketones (excluding diaryl/α,β-unsaturated/α-hetero) is 1. The van der Waals surface area contributed by atoms with Gasteiger partial charge >= 0.3 is 0 Å². The van der Waals surface area contributed by atoms with Crippen LogP contribution < -0.4 is 10.6 Å². The molecule has 0 aliphatic heterocycles. The van der Waals surface area contributed by atoms with E-state index in [-0.39, 0.29) is 17.7 Å². The van der Waals surface area contributed by atoms with Gasteiger partial charge in [-0.25, -0.2) is 0 Å². The monoisotopic (exact) mass is 287 g/mol. The number of ketones is 1. The van der Waals surface area contributed by atoms with E-state index >= 15 is 0 Å². The van der Waals surface area contributed by atoms with Crippen molar-refractivity contribution in [3.05, 3.63) is 54.0 Å². The first-order chi connectivity index (χ1) is 10.1. The van der Waals surface area contributed by atoms with Crippen LogP contribution in [0.15, 0.2) is 47.1 Å². The van der Waals surface area contributed by atoms with Crippen LogP contribution in [0.4, 0.5) is 5.69 Å². The molecule has 1 atom stereocenters. The zero-order valence-corrected chi connectivity index (χ0v) is 12.1. The molecule has 0 bridgehead atoms. The number of carbonyl (C=O) groups is 2. The molecule has 1 aromatic carbocycles. The van der Waals surface area contributed by atoms with Gasteiger partial charge in [-0.1, -0.05) is 0 Å². The maximum Gasteiger partial charge on any atom is 0.279 e. The zero-order chi connectivity index (χ0) is 15.2. The fourth-order valence-electron chi connectivity index (χ4n) is 1.95. The third-order valence-electron chi connectivity index (χ3n) is 3.22. The van der Waals surface area contributed by atoms with Gasteiger partial charge in [0.1, 0.15) is 6.04 Å². The van der Waals surface area contributed by atoms with Crippen LogP contribution in [0.25, 0.3) is 0 Å². The molecule has 0 unspecified atom stereocenters. The summed E-state index contributed by atoms with van der Waals surface area (Å²) in [7, 11) is 0. The van der Waals surface area contributed by atoms with Gasteiger partial charge in [-0.05, 0) is 50.2 Å². The van der Waals surface area contributed by atoms with E-state index in [1.165, 1.54) is 6.92 Å². The van der Waals surface area contributed by atoms with Gasteiger partial charge in [-0.15, -0.1) is 0 Å². The molecule has 5 nitrogen and oxygen atoms in total. The molecule has 0 spiro atoms. The Balaban J connectivity index is 1.83. The number of amides is 1. The highest BCUT2D eigenvalue weighted by Crippen LogP contribution is 2.10. The van der Waals surface area contributed by atoms with Crippen molar-refractivity contribution in [2.45, 2.75) is 19.9 Å². The average molecular weight is 287 g/mol. The minimum atomic E-state index is -0.0935. The van der Waals surface area contributed by atoms with Gasteiger partial charge in [0.15, 0.2) is 18.1 Å². The molecule has 1 heterocycles. The summed E-state index contributed by atoms with van der Waals surface area (Å²) >= 11 is 0. The number of nitrogens with one attached hydrogen (secondary N) is 1. The lowest BCUT2D eigenvalue weighted by molar-refractivity contribution is -0.684. The Bertz CT molecular complexity index is 603. The summed E-state index contributed by atoms with van der Waals surface area (Å²) in [6.45, 7) is 3.79. The van der Waals surface area contributed by atoms with Crippen molar-refractivity contribution in [2.75, 3.05) is 11.9 Å². The lowest BCUT2D eigenvalue weighted by atomic mass is 10.1. The quantitative estimate of drug-likeness (QED) is 0.795. The highest BCUT2D eigenvalue weighted by molar-refractivity contribution is 5.95. The molecule has 0 aliphatic rings. The van der Waals surface area contributed by atoms with E-state index in [0.29, 0.717) is 17.8 Å². The molecule has 0 fully saturated rings. The summed E-state index contributed by atoms with van der Waals surface area (Å²) < 4.78 is 5.29. The van der Waals surface area contributed by atoms with Crippen molar-refractivity contribution in [3.8, 4) is 0 Å². The first-order valence-electron chi connectivity index (χ1n) is 6.84. The van der Waals surface area contributed by atoms with E-state index in [9.17, 15) is 9.59 Å². The number of rotatable bonds is 6. The first-order valence-corrected chi connectivity index (χ1v) is 6.84. The maximum atomic E-state index is 11.9. The van der Waals surface area contributed by atoms with Gasteiger partial charge in [0.2, 0.25) is 0 Å². The Morgan fingerprint density at radius 1 is 1.24 bits per heavy atom. The molecule has 0 aliphatic carbocycles. The van der Waals surface area contributed by atoms with E-state index in [1.807, 2.05) is 24.4 Å². The molecule has 110 valence electrons. The molecular formula is C16H19N2O3+. The zero-order valence-electron chi connectivity index (χ0n) is 12.1. The van der Waals surface area contributed by atoms with Gasteiger partial charge in [-0.2, -0.15) is 0 Å². The molecule has 0 saturated heterocycles. The average Bonchev–Trinajstić information content (AvgIpc) is 2.99. The summed E-state index contributed by atoms with van der Waals surface area (Å²) in [5.74, 6) is 0.756. The van der Waals surface area contributed by atoms with Crippen LogP contribution in [-0.4, -0.2) is 18.2 Å². The molecule has 2 rings (SSSR count). The highest BCUT2D eigenvalue weighted by Gasteiger charge is 2.13. The van der Waals surface area contributed by atoms with E-state index in [1.54, 1.807) is 30.5 Å². The molecule has 5 heteroatoms. The lowest BCUT2D eigenvalue weighted by Gasteiger charge is -2.09. The van der Waals surface area contributed by atoms with Crippen LogP contribution in [0, 0.1) is 0 Å². The Hall–Kier alpha value is -2.40. The molecule has 0 radical (unpaired) electrons. The number of hydrogen-bond acceptors (Lipinski definition) is 3. The van der Waals surface area contributed by atoms with Gasteiger partial charge in [0.05, 0.1) is 6.26 Å². The minimum absolute atomic E-state index is 0.00785. The van der Waals surface area contributed by atoms with Gasteiger partial charge in [-0.3, -0.25) is 9.59 Å². The van der Waals surface area contributed by atoms with Crippen molar-refractivity contribution in [1.29, 1.82) is 0 Å². The SMILES string of the molecule is CC(=O)c1ccc(NC(=O)C[NH2+][C@@H](C)c2ccco2)cc1. The van der Waals surface area contributed by atoms with Crippen LogP contribution in [0.1, 0.15) is 36.0 Å². The summed E-state index contributed by atoms with van der Waals surface area (Å²) in [5, 5.41) is 4.70. The largest absolute Gasteiger partial charge is 0.463 e. The number of hydrogen-bond donors (Lipinski definition) is 2. The lowest BCUT2D eigenvalue weighted by Crippen LogP contribution is -2.86. The fourth-order valence-corrected chi connectivity index (χ4v) is 1.95. The summed E-state index contributed by atoms with van der Waals surface area (Å²) in [6, 6.07) is 10.7. The van der Waals surface area contributed by atoms with E-state index in [4.69, 9.17) is 4.42 Å². The second-order valence-corrected chi connectivity index (χ2v) is 4.93. The Morgan fingerprint density at radius 2 is 1.95 bits per heavy atom. The van der Waals surface area contributed by atoms with Crippen LogP contribution in [0.2, 0.25) is 0 Å². The maximum absolute atomic E-state index is 11.9. The normalized spacial score (nSPS) is 11.9. The van der Waals surface area contributed by atoms with Gasteiger partial charge < -0.3 is 15.1 Å². The van der Waals surface area contributed by atoms with E-state index in [0.717, 1.165) is 5.76 Å². The summed E-state index contributed by atoms with van der Waals surface area (Å²) in [5.41, 5.74) is 1.31. The van der Waals surface area contributed by atoms with Crippen molar-refractivity contribution in [1.82, 2.24) is 0 Å². The van der Waals surface area contributed by atoms with E-state index < -0.39 is 0 Å². The van der Waals surface area contributed by atoms with Gasteiger partial charge in [0.25, 0.3) is 5.91 Å². The predicted molar refractivity (Wildman–Crippen MR) is 79.0 cm³/mol. The Morgan fingerprint density at radius 3 is 2.52 bits per heavy atom. The Kier molecular flexibility index (Phi) is 4.90. The molecule has 3 N–H and O–H groups in total. The first kappa shape index (κ1) is 15.0. The van der Waals surface area contributed by atoms with Crippen molar-refractivity contribution < 1.29 is 19.3 Å². The highest BCUT2D eigenvalue weighted by atomic mass is 16.3. The molecule has 0 saturated carbocycles. The van der Waals surface area contributed by atoms with Crippen molar-refractivity contribution in [2.24, 2.45) is 0 Å². The molecule has 2 aromatic rings. The third-order valence-corrected chi connectivity index (χ3v) is 3.22. The molecule has 1 amide bonds. The molecular weight excluding hydrogens is 268 g/mol. The molecule has 1 aromatic heterocycles. The number of carbonyl (C=O) groups excluding carboxylic acids is 2.